The van der Waals surface area contributed by atoms with Gasteiger partial charge in [0.1, 0.15) is 17.1 Å². The predicted molar refractivity (Wildman–Crippen MR) is 97.2 cm³/mol. The zero-order chi connectivity index (χ0) is 17.6. The Kier molecular flexibility index (Phi) is 5.56. The molecule has 1 heterocycles. The number of amides is 1. The van der Waals surface area contributed by atoms with Crippen molar-refractivity contribution in [3.8, 4) is 11.5 Å². The Morgan fingerprint density at radius 2 is 1.48 bits per heavy atom. The average Bonchev–Trinajstić information content (AvgIpc) is 2.68. The van der Waals surface area contributed by atoms with E-state index in [-0.39, 0.29) is 5.91 Å². The number of ether oxygens (including phenoxy) is 2. The first kappa shape index (κ1) is 17.3. The average molecular weight is 340 g/mol. The summed E-state index contributed by atoms with van der Waals surface area (Å²) in [6.07, 6.45) is 0. The SMILES string of the molecule is COc1cccc(OC)c1C(=O)N1CCN(Cc2ccccc2)CC1. The second kappa shape index (κ2) is 8.03. The van der Waals surface area contributed by atoms with Crippen molar-refractivity contribution in [2.24, 2.45) is 0 Å². The van der Waals surface area contributed by atoms with Gasteiger partial charge >= 0.3 is 0 Å². The highest BCUT2D eigenvalue weighted by molar-refractivity contribution is 5.99. The van der Waals surface area contributed by atoms with Gasteiger partial charge in [-0.15, -0.1) is 0 Å². The van der Waals surface area contributed by atoms with Gasteiger partial charge in [0.05, 0.1) is 14.2 Å². The molecule has 0 unspecified atom stereocenters. The Morgan fingerprint density at radius 1 is 0.880 bits per heavy atom. The largest absolute Gasteiger partial charge is 0.496 e. The lowest BCUT2D eigenvalue weighted by Gasteiger charge is -2.35. The Morgan fingerprint density at radius 3 is 2.04 bits per heavy atom. The van der Waals surface area contributed by atoms with E-state index in [2.05, 4.69) is 29.2 Å². The van der Waals surface area contributed by atoms with E-state index in [4.69, 9.17) is 9.47 Å². The van der Waals surface area contributed by atoms with Crippen LogP contribution in [0.1, 0.15) is 15.9 Å². The number of nitrogens with zero attached hydrogens (tertiary/aromatic N) is 2. The van der Waals surface area contributed by atoms with Crippen molar-refractivity contribution >= 4 is 5.91 Å². The van der Waals surface area contributed by atoms with Crippen molar-refractivity contribution < 1.29 is 14.3 Å². The molecule has 0 aromatic heterocycles. The highest BCUT2D eigenvalue weighted by atomic mass is 16.5. The molecule has 0 spiro atoms. The second-order valence-electron chi connectivity index (χ2n) is 6.09. The van der Waals surface area contributed by atoms with Gasteiger partial charge in [-0.2, -0.15) is 0 Å². The highest BCUT2D eigenvalue weighted by Crippen LogP contribution is 2.29. The number of benzene rings is 2. The number of carbonyl (C=O) groups excluding carboxylic acids is 1. The number of rotatable bonds is 5. The third kappa shape index (κ3) is 3.94. The summed E-state index contributed by atoms with van der Waals surface area (Å²) in [5.41, 5.74) is 1.80. The van der Waals surface area contributed by atoms with Crippen LogP contribution in [0.4, 0.5) is 0 Å². The van der Waals surface area contributed by atoms with Crippen LogP contribution in [0.25, 0.3) is 0 Å². The summed E-state index contributed by atoms with van der Waals surface area (Å²) in [6, 6.07) is 15.8. The van der Waals surface area contributed by atoms with Crippen molar-refractivity contribution in [3.05, 3.63) is 59.7 Å². The third-order valence-electron chi connectivity index (χ3n) is 4.55. The molecule has 0 saturated carbocycles. The number of piperazine rings is 1. The standard InChI is InChI=1S/C20H24N2O3/c1-24-17-9-6-10-18(25-2)19(17)20(23)22-13-11-21(12-14-22)15-16-7-4-3-5-8-16/h3-10H,11-15H2,1-2H3. The van der Waals surface area contributed by atoms with E-state index in [1.807, 2.05) is 17.0 Å². The lowest BCUT2D eigenvalue weighted by molar-refractivity contribution is 0.0622. The smallest absolute Gasteiger partial charge is 0.261 e. The van der Waals surface area contributed by atoms with E-state index in [9.17, 15) is 4.79 Å². The van der Waals surface area contributed by atoms with Gasteiger partial charge in [0.15, 0.2) is 0 Å². The van der Waals surface area contributed by atoms with Gasteiger partial charge in [0, 0.05) is 32.7 Å². The highest BCUT2D eigenvalue weighted by Gasteiger charge is 2.26. The maximum absolute atomic E-state index is 13.0. The van der Waals surface area contributed by atoms with Gasteiger partial charge in [-0.3, -0.25) is 9.69 Å². The zero-order valence-electron chi connectivity index (χ0n) is 14.8. The topological polar surface area (TPSA) is 42.0 Å². The van der Waals surface area contributed by atoms with Crippen molar-refractivity contribution in [2.75, 3.05) is 40.4 Å². The molecule has 5 nitrogen and oxygen atoms in total. The van der Waals surface area contributed by atoms with Crippen LogP contribution in [0.3, 0.4) is 0 Å². The fourth-order valence-corrected chi connectivity index (χ4v) is 3.17. The molecule has 132 valence electrons. The maximum Gasteiger partial charge on any atom is 0.261 e. The van der Waals surface area contributed by atoms with Crippen LogP contribution in [-0.2, 0) is 6.54 Å². The molecule has 1 fully saturated rings. The van der Waals surface area contributed by atoms with E-state index in [0.29, 0.717) is 30.2 Å². The number of carbonyl (C=O) groups is 1. The molecule has 0 radical (unpaired) electrons. The molecule has 1 amide bonds. The van der Waals surface area contributed by atoms with E-state index in [1.54, 1.807) is 26.4 Å². The summed E-state index contributed by atoms with van der Waals surface area (Å²) in [5, 5.41) is 0. The number of hydrogen-bond donors (Lipinski definition) is 0. The Hall–Kier alpha value is -2.53. The first-order valence-corrected chi connectivity index (χ1v) is 8.49. The van der Waals surface area contributed by atoms with Crippen molar-refractivity contribution in [1.82, 2.24) is 9.80 Å². The van der Waals surface area contributed by atoms with Crippen LogP contribution >= 0.6 is 0 Å². The summed E-state index contributed by atoms with van der Waals surface area (Å²) in [5.74, 6) is 1.07. The Balaban J connectivity index is 1.66. The number of hydrogen-bond acceptors (Lipinski definition) is 4. The van der Waals surface area contributed by atoms with Crippen molar-refractivity contribution in [2.45, 2.75) is 6.54 Å². The van der Waals surface area contributed by atoms with Crippen molar-refractivity contribution in [3.63, 3.8) is 0 Å². The monoisotopic (exact) mass is 340 g/mol. The molecule has 0 bridgehead atoms. The van der Waals surface area contributed by atoms with Gasteiger partial charge in [-0.25, -0.2) is 0 Å². The number of methoxy groups -OCH3 is 2. The Labute approximate surface area is 148 Å². The molecule has 1 aliphatic heterocycles. The molecule has 3 rings (SSSR count). The Bertz CT molecular complexity index is 688. The van der Waals surface area contributed by atoms with Gasteiger partial charge < -0.3 is 14.4 Å². The molecule has 0 N–H and O–H groups in total. The van der Waals surface area contributed by atoms with Gasteiger partial charge in [-0.05, 0) is 17.7 Å². The second-order valence-corrected chi connectivity index (χ2v) is 6.09. The zero-order valence-corrected chi connectivity index (χ0v) is 14.8. The minimum absolute atomic E-state index is 0.0336. The summed E-state index contributed by atoms with van der Waals surface area (Å²) in [4.78, 5) is 17.2. The summed E-state index contributed by atoms with van der Waals surface area (Å²) in [7, 11) is 3.15. The molecule has 0 atom stereocenters. The molecule has 5 heteroatoms. The van der Waals surface area contributed by atoms with Gasteiger partial charge in [-0.1, -0.05) is 36.4 Å². The molecule has 25 heavy (non-hydrogen) atoms. The van der Waals surface area contributed by atoms with E-state index in [1.165, 1.54) is 5.56 Å². The van der Waals surface area contributed by atoms with Gasteiger partial charge in [0.2, 0.25) is 0 Å². The molecule has 0 aliphatic carbocycles. The lowest BCUT2D eigenvalue weighted by atomic mass is 10.1. The summed E-state index contributed by atoms with van der Waals surface area (Å²) < 4.78 is 10.7. The first-order valence-electron chi connectivity index (χ1n) is 8.49. The van der Waals surface area contributed by atoms with Crippen LogP contribution in [0.5, 0.6) is 11.5 Å². The molecule has 1 saturated heterocycles. The molecule has 2 aromatic carbocycles. The van der Waals surface area contributed by atoms with E-state index < -0.39 is 0 Å². The molecule has 2 aromatic rings. The van der Waals surface area contributed by atoms with Crippen LogP contribution in [-0.4, -0.2) is 56.1 Å². The minimum Gasteiger partial charge on any atom is -0.496 e. The van der Waals surface area contributed by atoms with Crippen LogP contribution < -0.4 is 9.47 Å². The molecule has 1 aliphatic rings. The fraction of sp³-hybridized carbons (Fsp3) is 0.350. The normalized spacial score (nSPS) is 15.0. The minimum atomic E-state index is -0.0336. The quantitative estimate of drug-likeness (QED) is 0.839. The van der Waals surface area contributed by atoms with Crippen molar-refractivity contribution in [1.29, 1.82) is 0 Å². The molecular weight excluding hydrogens is 316 g/mol. The predicted octanol–water partition coefficient (Wildman–Crippen LogP) is 2.66. The van der Waals surface area contributed by atoms with Crippen LogP contribution in [0, 0.1) is 0 Å². The van der Waals surface area contributed by atoms with E-state index >= 15 is 0 Å². The maximum atomic E-state index is 13.0. The van der Waals surface area contributed by atoms with Gasteiger partial charge in [0.25, 0.3) is 5.91 Å². The third-order valence-corrected chi connectivity index (χ3v) is 4.55. The lowest BCUT2D eigenvalue weighted by Crippen LogP contribution is -2.48. The fourth-order valence-electron chi connectivity index (χ4n) is 3.17. The summed E-state index contributed by atoms with van der Waals surface area (Å²) in [6.45, 7) is 4.04. The summed E-state index contributed by atoms with van der Waals surface area (Å²) >= 11 is 0. The van der Waals surface area contributed by atoms with E-state index in [0.717, 1.165) is 19.6 Å². The van der Waals surface area contributed by atoms with Crippen LogP contribution in [0.2, 0.25) is 0 Å². The molecular formula is C20H24N2O3. The first-order chi connectivity index (χ1) is 12.2. The van der Waals surface area contributed by atoms with Crippen LogP contribution in [0.15, 0.2) is 48.5 Å².